The molecule has 8 nitrogen and oxygen atoms in total. The molecule has 0 atom stereocenters. The van der Waals surface area contributed by atoms with Crippen LogP contribution in [0.15, 0.2) is 76.6 Å². The fourth-order valence-electron chi connectivity index (χ4n) is 3.18. The molecular weight excluding hydrogens is 418 g/mol. The van der Waals surface area contributed by atoms with E-state index in [2.05, 4.69) is 15.3 Å². The summed E-state index contributed by atoms with van der Waals surface area (Å²) < 4.78 is 2.51. The van der Waals surface area contributed by atoms with Gasteiger partial charge in [-0.1, -0.05) is 35.9 Å². The number of benzene rings is 1. The third kappa shape index (κ3) is 4.54. The molecule has 0 unspecified atom stereocenters. The molecule has 0 bridgehead atoms. The summed E-state index contributed by atoms with van der Waals surface area (Å²) in [5.74, 6) is -0.146. The minimum absolute atomic E-state index is 0.0225. The van der Waals surface area contributed by atoms with Gasteiger partial charge in [-0.25, -0.2) is 4.79 Å². The maximum Gasteiger partial charge on any atom is 0.352 e. The molecule has 0 aliphatic carbocycles. The average molecular weight is 436 g/mol. The highest BCUT2D eigenvalue weighted by atomic mass is 35.5. The van der Waals surface area contributed by atoms with Crippen molar-refractivity contribution in [1.29, 1.82) is 0 Å². The van der Waals surface area contributed by atoms with E-state index in [9.17, 15) is 14.4 Å². The van der Waals surface area contributed by atoms with Crippen LogP contribution in [0.5, 0.6) is 0 Å². The third-order valence-electron chi connectivity index (χ3n) is 4.74. The summed E-state index contributed by atoms with van der Waals surface area (Å²) in [6.07, 6.45) is 3.20. The van der Waals surface area contributed by atoms with Gasteiger partial charge in [0, 0.05) is 24.0 Å². The Morgan fingerprint density at radius 1 is 1.03 bits per heavy atom. The lowest BCUT2D eigenvalue weighted by Gasteiger charge is -2.15. The Labute approximate surface area is 182 Å². The van der Waals surface area contributed by atoms with Gasteiger partial charge in [0.05, 0.1) is 17.8 Å². The lowest BCUT2D eigenvalue weighted by Crippen LogP contribution is -2.39. The molecule has 3 heterocycles. The van der Waals surface area contributed by atoms with Gasteiger partial charge in [0.2, 0.25) is 5.91 Å². The Balaban J connectivity index is 1.58. The van der Waals surface area contributed by atoms with Gasteiger partial charge in [-0.2, -0.15) is 4.98 Å². The molecule has 2 aliphatic rings. The molecule has 156 valence electrons. The maximum atomic E-state index is 12.9. The first-order chi connectivity index (χ1) is 15.0. The molecule has 0 saturated heterocycles. The van der Waals surface area contributed by atoms with Crippen molar-refractivity contribution in [3.8, 4) is 11.4 Å². The Hall–Kier alpha value is -3.78. The van der Waals surface area contributed by atoms with Gasteiger partial charge in [0.25, 0.3) is 5.56 Å². The number of amides is 1. The van der Waals surface area contributed by atoms with E-state index >= 15 is 0 Å². The normalized spacial score (nSPS) is 10.9. The van der Waals surface area contributed by atoms with E-state index in [0.29, 0.717) is 10.7 Å². The number of nitrogens with one attached hydrogen (secondary N) is 1. The van der Waals surface area contributed by atoms with E-state index in [1.54, 1.807) is 48.8 Å². The molecule has 0 fully saturated rings. The number of carbonyl (C=O) groups excluding carboxylic acids is 1. The second kappa shape index (κ2) is 8.93. The van der Waals surface area contributed by atoms with Crippen molar-refractivity contribution in [2.24, 2.45) is 0 Å². The van der Waals surface area contributed by atoms with Crippen LogP contribution in [-0.2, 0) is 24.4 Å². The number of fused-ring (bicyclic) bond motifs is 1. The summed E-state index contributed by atoms with van der Waals surface area (Å²) in [4.78, 5) is 46.1. The second-order valence-corrected chi connectivity index (χ2v) is 7.26. The standard InChI is InChI=1S/C22H18ClN5O3/c23-18-9-2-1-6-15(18)12-25-19(29)14-27-11-5-8-17-20(27)26-22(31)28(21(17)30)13-16-7-3-4-10-24-16/h1-11H,12-14H2,(H,25,29). The Kier molecular flexibility index (Phi) is 5.90. The highest BCUT2D eigenvalue weighted by Gasteiger charge is 2.18. The van der Waals surface area contributed by atoms with Crippen LogP contribution < -0.4 is 16.6 Å². The molecule has 9 heteroatoms. The number of carbonyl (C=O) groups is 1. The van der Waals surface area contributed by atoms with Crippen LogP contribution in [-0.4, -0.2) is 25.0 Å². The van der Waals surface area contributed by atoms with E-state index in [-0.39, 0.29) is 36.9 Å². The van der Waals surface area contributed by atoms with Gasteiger partial charge in [0.15, 0.2) is 5.82 Å². The van der Waals surface area contributed by atoms with Crippen LogP contribution in [0.4, 0.5) is 0 Å². The Morgan fingerprint density at radius 2 is 1.84 bits per heavy atom. The third-order valence-corrected chi connectivity index (χ3v) is 5.11. The number of hydrogen-bond donors (Lipinski definition) is 1. The first-order valence-electron chi connectivity index (χ1n) is 9.53. The SMILES string of the molecule is O=C(Cn1cccc2c(=O)n(Cc3ccccn3)c(=O)nc1-2)NCc1ccccc1Cl. The summed E-state index contributed by atoms with van der Waals surface area (Å²) in [5, 5.41) is 3.35. The summed E-state index contributed by atoms with van der Waals surface area (Å²) in [7, 11) is 0. The number of hydrogen-bond acceptors (Lipinski definition) is 5. The summed E-state index contributed by atoms with van der Waals surface area (Å²) in [6.45, 7) is 0.188. The van der Waals surface area contributed by atoms with Crippen LogP contribution in [0, 0.1) is 0 Å². The van der Waals surface area contributed by atoms with Crippen LogP contribution in [0.3, 0.4) is 0 Å². The lowest BCUT2D eigenvalue weighted by molar-refractivity contribution is -0.121. The number of pyridine rings is 2. The number of halogens is 1. The summed E-state index contributed by atoms with van der Waals surface area (Å²) in [5.41, 5.74) is 0.436. The van der Waals surface area contributed by atoms with Gasteiger partial charge >= 0.3 is 5.69 Å². The van der Waals surface area contributed by atoms with E-state index in [1.165, 1.54) is 4.57 Å². The quantitative estimate of drug-likeness (QED) is 0.499. The van der Waals surface area contributed by atoms with Gasteiger partial charge < -0.3 is 9.88 Å². The van der Waals surface area contributed by atoms with Crippen LogP contribution >= 0.6 is 11.6 Å². The molecule has 1 N–H and O–H groups in total. The van der Waals surface area contributed by atoms with E-state index < -0.39 is 11.2 Å². The second-order valence-electron chi connectivity index (χ2n) is 6.85. The number of rotatable bonds is 6. The molecule has 2 aliphatic heterocycles. The summed E-state index contributed by atoms with van der Waals surface area (Å²) in [6, 6.07) is 15.7. The predicted octanol–water partition coefficient (Wildman–Crippen LogP) is 1.92. The molecule has 1 amide bonds. The fourth-order valence-corrected chi connectivity index (χ4v) is 3.39. The minimum Gasteiger partial charge on any atom is -0.350 e. The minimum atomic E-state index is -0.695. The predicted molar refractivity (Wildman–Crippen MR) is 116 cm³/mol. The molecule has 0 spiro atoms. The average Bonchev–Trinajstić information content (AvgIpc) is 2.77. The van der Waals surface area contributed by atoms with Crippen molar-refractivity contribution < 1.29 is 4.79 Å². The van der Waals surface area contributed by atoms with Crippen molar-refractivity contribution in [2.45, 2.75) is 19.6 Å². The zero-order chi connectivity index (χ0) is 21.8. The molecule has 0 saturated carbocycles. The van der Waals surface area contributed by atoms with E-state index in [0.717, 1.165) is 10.1 Å². The van der Waals surface area contributed by atoms with Crippen molar-refractivity contribution >= 4 is 17.5 Å². The van der Waals surface area contributed by atoms with Crippen LogP contribution in [0.25, 0.3) is 11.4 Å². The van der Waals surface area contributed by atoms with E-state index in [1.807, 2.05) is 18.2 Å². The van der Waals surface area contributed by atoms with Crippen molar-refractivity contribution in [3.05, 3.63) is 104 Å². The Bertz CT molecular complexity index is 1320. The monoisotopic (exact) mass is 435 g/mol. The van der Waals surface area contributed by atoms with Crippen molar-refractivity contribution in [1.82, 2.24) is 24.4 Å². The smallest absolute Gasteiger partial charge is 0.350 e. The van der Waals surface area contributed by atoms with Gasteiger partial charge in [0.1, 0.15) is 6.54 Å². The molecule has 0 radical (unpaired) electrons. The van der Waals surface area contributed by atoms with Crippen LogP contribution in [0.1, 0.15) is 11.3 Å². The van der Waals surface area contributed by atoms with Crippen molar-refractivity contribution in [3.63, 3.8) is 0 Å². The van der Waals surface area contributed by atoms with Gasteiger partial charge in [-0.3, -0.25) is 19.1 Å². The molecular formula is C22H18ClN5O3. The largest absolute Gasteiger partial charge is 0.352 e. The van der Waals surface area contributed by atoms with Crippen LogP contribution in [0.2, 0.25) is 5.02 Å². The molecule has 31 heavy (non-hydrogen) atoms. The fraction of sp³-hybridized carbons (Fsp3) is 0.136. The van der Waals surface area contributed by atoms with Gasteiger partial charge in [-0.05, 0) is 35.9 Å². The highest BCUT2D eigenvalue weighted by Crippen LogP contribution is 2.15. The highest BCUT2D eigenvalue weighted by molar-refractivity contribution is 6.31. The van der Waals surface area contributed by atoms with E-state index in [4.69, 9.17) is 11.6 Å². The summed E-state index contributed by atoms with van der Waals surface area (Å²) >= 11 is 6.11. The lowest BCUT2D eigenvalue weighted by atomic mass is 10.2. The maximum absolute atomic E-state index is 12.9. The van der Waals surface area contributed by atoms with Gasteiger partial charge in [-0.15, -0.1) is 0 Å². The number of nitrogens with zero attached hydrogens (tertiary/aromatic N) is 4. The molecule has 1 aromatic carbocycles. The topological polar surface area (TPSA) is 98.9 Å². The molecule has 4 rings (SSSR count). The van der Waals surface area contributed by atoms with Crippen molar-refractivity contribution in [2.75, 3.05) is 0 Å². The zero-order valence-corrected chi connectivity index (χ0v) is 17.1. The molecule has 1 aromatic heterocycles. The number of aromatic nitrogens is 4. The first kappa shape index (κ1) is 20.5. The zero-order valence-electron chi connectivity index (χ0n) is 16.4. The molecule has 2 aromatic rings. The first-order valence-corrected chi connectivity index (χ1v) is 9.91. The Morgan fingerprint density at radius 3 is 2.61 bits per heavy atom.